The number of benzene rings is 1. The molecule has 12 heteroatoms. The van der Waals surface area contributed by atoms with Crippen LogP contribution in [0.5, 0.6) is 0 Å². The zero-order chi connectivity index (χ0) is 25.0. The number of rotatable bonds is 8. The first-order valence-corrected chi connectivity index (χ1v) is 10.2. The van der Waals surface area contributed by atoms with Gasteiger partial charge in [-0.2, -0.15) is 13.2 Å². The summed E-state index contributed by atoms with van der Waals surface area (Å²) in [6.45, 7) is 1.72. The van der Waals surface area contributed by atoms with Gasteiger partial charge in [-0.25, -0.2) is 9.97 Å². The molecule has 0 saturated heterocycles. The second-order valence-electron chi connectivity index (χ2n) is 7.91. The molecule has 0 aliphatic carbocycles. The number of carbonyl (C=O) groups excluding carboxylic acids is 2. The van der Waals surface area contributed by atoms with Gasteiger partial charge in [0.25, 0.3) is 5.91 Å². The normalized spacial score (nSPS) is 11.6. The van der Waals surface area contributed by atoms with E-state index in [1.807, 2.05) is 19.0 Å². The number of aryl methyl sites for hydroxylation is 2. The molecule has 34 heavy (non-hydrogen) atoms. The first-order valence-electron chi connectivity index (χ1n) is 10.2. The second kappa shape index (κ2) is 10.00. The van der Waals surface area contributed by atoms with Gasteiger partial charge in [0.15, 0.2) is 5.78 Å². The highest BCUT2D eigenvalue weighted by Crippen LogP contribution is 2.33. The van der Waals surface area contributed by atoms with E-state index in [9.17, 15) is 22.8 Å². The zero-order valence-corrected chi connectivity index (χ0v) is 18.7. The average molecular weight is 476 g/mol. The van der Waals surface area contributed by atoms with Crippen LogP contribution >= 0.6 is 0 Å². The number of halogens is 3. The van der Waals surface area contributed by atoms with Gasteiger partial charge < -0.3 is 20.5 Å². The third-order valence-corrected chi connectivity index (χ3v) is 4.91. The van der Waals surface area contributed by atoms with Crippen LogP contribution in [-0.2, 0) is 19.1 Å². The molecule has 0 saturated carbocycles. The molecule has 1 aromatic carbocycles. The minimum Gasteiger partial charge on any atom is -0.383 e. The summed E-state index contributed by atoms with van der Waals surface area (Å²) >= 11 is 0. The van der Waals surface area contributed by atoms with Crippen molar-refractivity contribution >= 4 is 23.2 Å². The Morgan fingerprint density at radius 1 is 1.18 bits per heavy atom. The van der Waals surface area contributed by atoms with Crippen LogP contribution in [0, 0.1) is 6.92 Å². The van der Waals surface area contributed by atoms with Crippen molar-refractivity contribution in [2.24, 2.45) is 0 Å². The molecule has 2 heterocycles. The van der Waals surface area contributed by atoms with Gasteiger partial charge in [0.1, 0.15) is 17.8 Å². The fourth-order valence-corrected chi connectivity index (χ4v) is 3.23. The number of nitrogens with zero attached hydrogens (tertiary/aromatic N) is 4. The van der Waals surface area contributed by atoms with E-state index >= 15 is 0 Å². The van der Waals surface area contributed by atoms with Crippen LogP contribution < -0.4 is 11.1 Å². The number of nitrogen functional groups attached to an aromatic ring is 1. The average Bonchev–Trinajstić information content (AvgIpc) is 3.23. The molecular weight excluding hydrogens is 453 g/mol. The van der Waals surface area contributed by atoms with Crippen LogP contribution in [0.4, 0.5) is 24.7 Å². The lowest BCUT2D eigenvalue weighted by Gasteiger charge is -2.14. The SMILES string of the molecule is Cc1ccc(NC(=O)c2cc(CCC(=O)c3ncnc(N)c3CN(C)C)no2)cc1C(F)(F)F. The summed E-state index contributed by atoms with van der Waals surface area (Å²) < 4.78 is 44.3. The van der Waals surface area contributed by atoms with Gasteiger partial charge >= 0.3 is 6.18 Å². The standard InChI is InChI=1S/C22H23F3N6O3/c1-12-4-5-13(8-16(12)22(23,24)25)29-21(33)18-9-14(30-34-18)6-7-17(32)19-15(10-31(2)3)20(26)28-11-27-19/h4-5,8-9,11H,6-7,10H2,1-3H3,(H,29,33)(H2,26,27,28). The molecule has 0 spiro atoms. The molecule has 3 aromatic rings. The van der Waals surface area contributed by atoms with Crippen LogP contribution in [0.1, 0.15) is 49.8 Å². The van der Waals surface area contributed by atoms with Crippen LogP contribution in [0.15, 0.2) is 35.1 Å². The Morgan fingerprint density at radius 3 is 2.59 bits per heavy atom. The third-order valence-electron chi connectivity index (χ3n) is 4.91. The number of aromatic nitrogens is 3. The van der Waals surface area contributed by atoms with Crippen LogP contribution in [0.3, 0.4) is 0 Å². The second-order valence-corrected chi connectivity index (χ2v) is 7.91. The number of nitrogens with one attached hydrogen (secondary N) is 1. The first kappa shape index (κ1) is 24.8. The van der Waals surface area contributed by atoms with Gasteiger partial charge in [-0.15, -0.1) is 0 Å². The Labute approximate surface area is 193 Å². The predicted molar refractivity (Wildman–Crippen MR) is 117 cm³/mol. The highest BCUT2D eigenvalue weighted by molar-refractivity contribution is 6.02. The number of ketones is 1. The van der Waals surface area contributed by atoms with Crippen molar-refractivity contribution < 1.29 is 27.3 Å². The number of nitrogens with two attached hydrogens (primary N) is 1. The van der Waals surface area contributed by atoms with E-state index in [0.717, 1.165) is 6.07 Å². The van der Waals surface area contributed by atoms with E-state index in [2.05, 4.69) is 20.4 Å². The van der Waals surface area contributed by atoms with E-state index in [-0.39, 0.29) is 47.1 Å². The molecule has 0 fully saturated rings. The molecule has 0 bridgehead atoms. The van der Waals surface area contributed by atoms with Crippen LogP contribution in [0.2, 0.25) is 0 Å². The van der Waals surface area contributed by atoms with E-state index in [4.69, 9.17) is 10.3 Å². The van der Waals surface area contributed by atoms with E-state index in [1.165, 1.54) is 31.5 Å². The highest BCUT2D eigenvalue weighted by Gasteiger charge is 2.32. The monoisotopic (exact) mass is 476 g/mol. The third kappa shape index (κ3) is 5.95. The number of amides is 1. The maximum absolute atomic E-state index is 13.1. The molecule has 0 aliphatic rings. The zero-order valence-electron chi connectivity index (χ0n) is 18.7. The van der Waals surface area contributed by atoms with E-state index in [0.29, 0.717) is 17.8 Å². The number of hydrogen-bond donors (Lipinski definition) is 2. The minimum absolute atomic E-state index is 0.0252. The minimum atomic E-state index is -4.54. The van der Waals surface area contributed by atoms with Crippen molar-refractivity contribution in [1.82, 2.24) is 20.0 Å². The molecule has 0 aliphatic heterocycles. The summed E-state index contributed by atoms with van der Waals surface area (Å²) in [5.74, 6) is -1.02. The molecule has 180 valence electrons. The lowest BCUT2D eigenvalue weighted by molar-refractivity contribution is -0.138. The van der Waals surface area contributed by atoms with Gasteiger partial charge in [-0.1, -0.05) is 11.2 Å². The molecule has 9 nitrogen and oxygen atoms in total. The molecule has 1 amide bonds. The smallest absolute Gasteiger partial charge is 0.383 e. The number of carbonyl (C=O) groups is 2. The van der Waals surface area contributed by atoms with Crippen LogP contribution in [-0.4, -0.2) is 45.8 Å². The Bertz CT molecular complexity index is 1210. The van der Waals surface area contributed by atoms with Crippen molar-refractivity contribution in [3.05, 3.63) is 64.4 Å². The lowest BCUT2D eigenvalue weighted by Crippen LogP contribution is -2.18. The van der Waals surface area contributed by atoms with Gasteiger partial charge in [-0.05, 0) is 38.7 Å². The van der Waals surface area contributed by atoms with E-state index < -0.39 is 17.6 Å². The summed E-state index contributed by atoms with van der Waals surface area (Å²) in [7, 11) is 3.65. The predicted octanol–water partition coefficient (Wildman–Crippen LogP) is 3.50. The number of alkyl halides is 3. The topological polar surface area (TPSA) is 127 Å². The molecular formula is C22H23F3N6O3. The molecule has 0 atom stereocenters. The highest BCUT2D eigenvalue weighted by atomic mass is 19.4. The number of Topliss-reactive ketones (excluding diaryl/α,β-unsaturated/α-hetero) is 1. The summed E-state index contributed by atoms with van der Waals surface area (Å²) in [5.41, 5.74) is 6.11. The summed E-state index contributed by atoms with van der Waals surface area (Å²) in [4.78, 5) is 34.9. The van der Waals surface area contributed by atoms with Gasteiger partial charge in [0, 0.05) is 36.7 Å². The van der Waals surface area contributed by atoms with Crippen molar-refractivity contribution in [1.29, 1.82) is 0 Å². The summed E-state index contributed by atoms with van der Waals surface area (Å²) in [5, 5.41) is 6.13. The Kier molecular flexibility index (Phi) is 7.30. The number of hydrogen-bond acceptors (Lipinski definition) is 8. The molecule has 3 N–H and O–H groups in total. The molecule has 0 unspecified atom stereocenters. The Hall–Kier alpha value is -3.80. The van der Waals surface area contributed by atoms with Crippen molar-refractivity contribution in [2.75, 3.05) is 25.1 Å². The summed E-state index contributed by atoms with van der Waals surface area (Å²) in [6.07, 6.45) is -3.14. The lowest BCUT2D eigenvalue weighted by atomic mass is 10.1. The van der Waals surface area contributed by atoms with Gasteiger partial charge in [0.2, 0.25) is 5.76 Å². The van der Waals surface area contributed by atoms with Crippen molar-refractivity contribution in [3.63, 3.8) is 0 Å². The fraction of sp³-hybridized carbons (Fsp3) is 0.318. The first-order chi connectivity index (χ1) is 16.0. The maximum atomic E-state index is 13.1. The summed E-state index contributed by atoms with van der Waals surface area (Å²) in [6, 6.07) is 4.80. The van der Waals surface area contributed by atoms with E-state index in [1.54, 1.807) is 0 Å². The largest absolute Gasteiger partial charge is 0.416 e. The molecule has 3 rings (SSSR count). The van der Waals surface area contributed by atoms with Crippen molar-refractivity contribution in [2.45, 2.75) is 32.5 Å². The van der Waals surface area contributed by atoms with Crippen LogP contribution in [0.25, 0.3) is 0 Å². The fourth-order valence-electron chi connectivity index (χ4n) is 3.23. The molecule has 2 aromatic heterocycles. The molecule has 0 radical (unpaired) electrons. The van der Waals surface area contributed by atoms with Gasteiger partial charge in [0.05, 0.1) is 11.3 Å². The Balaban J connectivity index is 1.66. The maximum Gasteiger partial charge on any atom is 0.416 e. The Morgan fingerprint density at radius 2 is 1.91 bits per heavy atom. The van der Waals surface area contributed by atoms with Gasteiger partial charge in [-0.3, -0.25) is 9.59 Å². The quantitative estimate of drug-likeness (QED) is 0.473. The number of anilines is 2. The van der Waals surface area contributed by atoms with Crippen molar-refractivity contribution in [3.8, 4) is 0 Å².